The van der Waals surface area contributed by atoms with Gasteiger partial charge in [-0.25, -0.2) is 4.39 Å². The first-order chi connectivity index (χ1) is 12.0. The van der Waals surface area contributed by atoms with Crippen molar-refractivity contribution in [1.82, 2.24) is 14.8 Å². The van der Waals surface area contributed by atoms with Gasteiger partial charge in [-0.1, -0.05) is 43.8 Å². The predicted molar refractivity (Wildman–Crippen MR) is 104 cm³/mol. The highest BCUT2D eigenvalue weighted by molar-refractivity contribution is 7.98. The van der Waals surface area contributed by atoms with Crippen LogP contribution in [0.4, 0.5) is 4.39 Å². The Morgan fingerprint density at radius 2 is 1.92 bits per heavy atom. The van der Waals surface area contributed by atoms with Crippen molar-refractivity contribution >= 4 is 23.1 Å². The molecule has 1 aromatic carbocycles. The van der Waals surface area contributed by atoms with Crippen LogP contribution in [0.1, 0.15) is 50.1 Å². The zero-order valence-electron chi connectivity index (χ0n) is 14.9. The maximum absolute atomic E-state index is 13.8. The Hall–Kier alpha value is -1.66. The van der Waals surface area contributed by atoms with Crippen LogP contribution >= 0.6 is 23.1 Å². The Morgan fingerprint density at radius 1 is 1.16 bits per heavy atom. The molecule has 0 unspecified atom stereocenters. The van der Waals surface area contributed by atoms with E-state index >= 15 is 0 Å². The molecule has 0 bridgehead atoms. The highest BCUT2D eigenvalue weighted by Crippen LogP contribution is 2.33. The molecule has 0 aliphatic heterocycles. The second-order valence-corrected chi connectivity index (χ2v) is 8.43. The van der Waals surface area contributed by atoms with E-state index in [1.54, 1.807) is 17.4 Å². The summed E-state index contributed by atoms with van der Waals surface area (Å²) in [5.41, 5.74) is 1.79. The lowest BCUT2D eigenvalue weighted by Gasteiger charge is -2.13. The number of thiophene rings is 1. The lowest BCUT2D eigenvalue weighted by atomic mass is 10.1. The Labute approximate surface area is 156 Å². The lowest BCUT2D eigenvalue weighted by Crippen LogP contribution is -2.05. The number of benzene rings is 1. The van der Waals surface area contributed by atoms with Crippen LogP contribution in [0.15, 0.2) is 40.9 Å². The molecule has 6 heteroatoms. The molecule has 132 valence electrons. The molecule has 0 radical (unpaired) electrons. The molecule has 0 amide bonds. The molecule has 25 heavy (non-hydrogen) atoms. The first-order valence-electron chi connectivity index (χ1n) is 8.37. The van der Waals surface area contributed by atoms with Gasteiger partial charge in [-0.05, 0) is 37.5 Å². The third kappa shape index (κ3) is 3.96. The summed E-state index contributed by atoms with van der Waals surface area (Å²) in [6.45, 7) is 8.63. The monoisotopic (exact) mass is 375 g/mol. The van der Waals surface area contributed by atoms with Crippen LogP contribution in [0.2, 0.25) is 0 Å². The third-order valence-electron chi connectivity index (χ3n) is 3.94. The van der Waals surface area contributed by atoms with Crippen LogP contribution in [0.3, 0.4) is 0 Å². The van der Waals surface area contributed by atoms with Crippen molar-refractivity contribution in [2.45, 2.75) is 50.6 Å². The highest BCUT2D eigenvalue weighted by Gasteiger charge is 2.18. The van der Waals surface area contributed by atoms with Crippen molar-refractivity contribution in [2.24, 2.45) is 0 Å². The molecule has 0 N–H and O–H groups in total. The zero-order chi connectivity index (χ0) is 18.0. The van der Waals surface area contributed by atoms with Crippen LogP contribution < -0.4 is 0 Å². The maximum atomic E-state index is 13.8. The fraction of sp³-hybridized carbons (Fsp3) is 0.368. The summed E-state index contributed by atoms with van der Waals surface area (Å²) in [5, 5.41) is 11.8. The minimum absolute atomic E-state index is 0.176. The van der Waals surface area contributed by atoms with Crippen LogP contribution in [0.5, 0.6) is 0 Å². The first kappa shape index (κ1) is 18.1. The van der Waals surface area contributed by atoms with Crippen molar-refractivity contribution in [3.05, 3.63) is 52.0 Å². The fourth-order valence-corrected chi connectivity index (χ4v) is 4.53. The van der Waals surface area contributed by atoms with E-state index in [4.69, 9.17) is 0 Å². The van der Waals surface area contributed by atoms with E-state index in [0.29, 0.717) is 17.2 Å². The van der Waals surface area contributed by atoms with Gasteiger partial charge in [0.1, 0.15) is 5.82 Å². The summed E-state index contributed by atoms with van der Waals surface area (Å²) >= 11 is 3.28. The standard InChI is InChI=1S/C19H22FN3S2/c1-12(2)17-9-15(11-24-17)18-21-22-19(23(18)13(3)4)25-10-14-7-5-6-8-16(14)20/h5-9,11-13H,10H2,1-4H3. The minimum Gasteiger partial charge on any atom is -0.299 e. The largest absolute Gasteiger partial charge is 0.299 e. The Kier molecular flexibility index (Phi) is 5.59. The summed E-state index contributed by atoms with van der Waals surface area (Å²) < 4.78 is 16.0. The van der Waals surface area contributed by atoms with Crippen LogP contribution in [-0.4, -0.2) is 14.8 Å². The summed E-state index contributed by atoms with van der Waals surface area (Å²) in [7, 11) is 0. The Bertz CT molecular complexity index is 852. The summed E-state index contributed by atoms with van der Waals surface area (Å²) in [6, 6.07) is 9.30. The normalized spacial score (nSPS) is 11.6. The molecule has 0 saturated carbocycles. The number of halogens is 1. The van der Waals surface area contributed by atoms with Gasteiger partial charge >= 0.3 is 0 Å². The zero-order valence-corrected chi connectivity index (χ0v) is 16.5. The lowest BCUT2D eigenvalue weighted by molar-refractivity contribution is 0.555. The van der Waals surface area contributed by atoms with E-state index in [1.165, 1.54) is 22.7 Å². The smallest absolute Gasteiger partial charge is 0.192 e. The first-order valence-corrected chi connectivity index (χ1v) is 10.2. The molecule has 3 nitrogen and oxygen atoms in total. The number of rotatable bonds is 6. The van der Waals surface area contributed by atoms with Crippen LogP contribution in [0, 0.1) is 5.82 Å². The van der Waals surface area contributed by atoms with Gasteiger partial charge in [0.15, 0.2) is 11.0 Å². The number of hydrogen-bond donors (Lipinski definition) is 0. The minimum atomic E-state index is -0.176. The topological polar surface area (TPSA) is 30.7 Å². The summed E-state index contributed by atoms with van der Waals surface area (Å²) in [6.07, 6.45) is 0. The molecule has 0 atom stereocenters. The SMILES string of the molecule is CC(C)c1cc(-c2nnc(SCc3ccccc3F)n2C(C)C)cs1. The fourth-order valence-electron chi connectivity index (χ4n) is 2.57. The second kappa shape index (κ2) is 7.70. The van der Waals surface area contributed by atoms with E-state index in [9.17, 15) is 4.39 Å². The summed E-state index contributed by atoms with van der Waals surface area (Å²) in [5.74, 6) is 1.75. The number of nitrogens with zero attached hydrogens (tertiary/aromatic N) is 3. The quantitative estimate of drug-likeness (QED) is 0.485. The van der Waals surface area contributed by atoms with Crippen molar-refractivity contribution in [2.75, 3.05) is 0 Å². The molecule has 3 aromatic rings. The molecule has 3 rings (SSSR count). The van der Waals surface area contributed by atoms with Gasteiger partial charge in [-0.15, -0.1) is 21.5 Å². The number of aromatic nitrogens is 3. The molecule has 2 heterocycles. The Balaban J connectivity index is 1.88. The van der Waals surface area contributed by atoms with Crippen molar-refractivity contribution in [3.8, 4) is 11.4 Å². The molecule has 0 fully saturated rings. The Morgan fingerprint density at radius 3 is 2.56 bits per heavy atom. The van der Waals surface area contributed by atoms with Gasteiger partial charge in [0.05, 0.1) is 0 Å². The van der Waals surface area contributed by atoms with Crippen molar-refractivity contribution in [3.63, 3.8) is 0 Å². The van der Waals surface area contributed by atoms with E-state index in [1.807, 2.05) is 12.1 Å². The average molecular weight is 376 g/mol. The van der Waals surface area contributed by atoms with Crippen molar-refractivity contribution in [1.29, 1.82) is 0 Å². The van der Waals surface area contributed by atoms with Crippen LogP contribution in [-0.2, 0) is 5.75 Å². The molecular weight excluding hydrogens is 353 g/mol. The van der Waals surface area contributed by atoms with Gasteiger partial charge in [-0.3, -0.25) is 4.57 Å². The molecule has 0 spiro atoms. The molecule has 0 aliphatic carbocycles. The van der Waals surface area contributed by atoms with Crippen LogP contribution in [0.25, 0.3) is 11.4 Å². The second-order valence-electron chi connectivity index (χ2n) is 6.54. The van der Waals surface area contributed by atoms with E-state index in [2.05, 4.69) is 53.9 Å². The van der Waals surface area contributed by atoms with Crippen molar-refractivity contribution < 1.29 is 4.39 Å². The predicted octanol–water partition coefficient (Wildman–Crippen LogP) is 6.14. The maximum Gasteiger partial charge on any atom is 0.192 e. The number of hydrogen-bond acceptors (Lipinski definition) is 4. The molecule has 0 aliphatic rings. The van der Waals surface area contributed by atoms with Gasteiger partial charge in [-0.2, -0.15) is 0 Å². The van der Waals surface area contributed by atoms with E-state index in [0.717, 1.165) is 16.5 Å². The van der Waals surface area contributed by atoms with Gasteiger partial charge in [0, 0.05) is 27.6 Å². The van der Waals surface area contributed by atoms with Gasteiger partial charge in [0.2, 0.25) is 0 Å². The average Bonchev–Trinajstić information content (AvgIpc) is 3.20. The molecular formula is C19H22FN3S2. The molecule has 2 aromatic heterocycles. The van der Waals surface area contributed by atoms with Gasteiger partial charge < -0.3 is 0 Å². The van der Waals surface area contributed by atoms with E-state index < -0.39 is 0 Å². The molecule has 0 saturated heterocycles. The van der Waals surface area contributed by atoms with E-state index in [-0.39, 0.29) is 11.9 Å². The highest BCUT2D eigenvalue weighted by atomic mass is 32.2. The third-order valence-corrected chi connectivity index (χ3v) is 6.17. The summed E-state index contributed by atoms with van der Waals surface area (Å²) in [4.78, 5) is 1.34. The van der Waals surface area contributed by atoms with Gasteiger partial charge in [0.25, 0.3) is 0 Å². The number of thioether (sulfide) groups is 1.